The van der Waals surface area contributed by atoms with Gasteiger partial charge in [0.2, 0.25) is 0 Å². The quantitative estimate of drug-likeness (QED) is 0.879. The summed E-state index contributed by atoms with van der Waals surface area (Å²) in [6.07, 6.45) is 2.63. The second-order valence-corrected chi connectivity index (χ2v) is 6.32. The van der Waals surface area contributed by atoms with E-state index in [0.29, 0.717) is 0 Å². The first-order valence-corrected chi connectivity index (χ1v) is 8.10. The summed E-state index contributed by atoms with van der Waals surface area (Å²) in [7, 11) is 3.78. The van der Waals surface area contributed by atoms with Crippen molar-refractivity contribution in [3.8, 4) is 5.75 Å². The number of hydrogen-bond donors (Lipinski definition) is 1. The van der Waals surface area contributed by atoms with Crippen molar-refractivity contribution in [3.63, 3.8) is 0 Å². The minimum atomic E-state index is 0.767. The van der Waals surface area contributed by atoms with Gasteiger partial charge in [0, 0.05) is 18.9 Å². The lowest BCUT2D eigenvalue weighted by atomic mass is 10.0. The summed E-state index contributed by atoms with van der Waals surface area (Å²) in [6.45, 7) is 2.32. The fourth-order valence-corrected chi connectivity index (χ4v) is 3.80. The zero-order chi connectivity index (χ0) is 13.9. The Morgan fingerprint density at radius 2 is 2.40 bits per heavy atom. The normalized spacial score (nSPS) is 19.4. The summed E-state index contributed by atoms with van der Waals surface area (Å²) in [4.78, 5) is 4.73. The summed E-state index contributed by atoms with van der Waals surface area (Å²) in [6, 6.07) is 6.07. The van der Waals surface area contributed by atoms with Crippen molar-refractivity contribution in [1.82, 2.24) is 14.9 Å². The Kier molecular flexibility index (Phi) is 4.17. The van der Waals surface area contributed by atoms with Gasteiger partial charge in [0.05, 0.1) is 18.1 Å². The Balaban J connectivity index is 1.75. The lowest BCUT2D eigenvalue weighted by Gasteiger charge is -2.21. The lowest BCUT2D eigenvalue weighted by Crippen LogP contribution is -2.30. The van der Waals surface area contributed by atoms with Crippen LogP contribution in [0.1, 0.15) is 12.8 Å². The largest absolute Gasteiger partial charge is 0.497 e. The molecule has 1 aliphatic heterocycles. The number of ether oxygens (including phenoxy) is 1. The highest BCUT2D eigenvalue weighted by Gasteiger charge is 2.15. The number of hydrogen-bond acceptors (Lipinski definition) is 4. The van der Waals surface area contributed by atoms with Gasteiger partial charge in [-0.05, 0) is 44.0 Å². The van der Waals surface area contributed by atoms with Crippen LogP contribution in [0.4, 0.5) is 0 Å². The van der Waals surface area contributed by atoms with Crippen LogP contribution in [0.15, 0.2) is 23.4 Å². The first kappa shape index (κ1) is 13.8. The maximum absolute atomic E-state index is 5.26. The van der Waals surface area contributed by atoms with Crippen LogP contribution in [0.2, 0.25) is 0 Å². The monoisotopic (exact) mass is 291 g/mol. The third kappa shape index (κ3) is 2.79. The predicted molar refractivity (Wildman–Crippen MR) is 83.6 cm³/mol. The molecule has 1 unspecified atom stereocenters. The molecule has 0 amide bonds. The van der Waals surface area contributed by atoms with Crippen LogP contribution in [0.25, 0.3) is 11.0 Å². The maximum atomic E-state index is 5.26. The lowest BCUT2D eigenvalue weighted by molar-refractivity contribution is 0.410. The smallest absolute Gasteiger partial charge is 0.168 e. The van der Waals surface area contributed by atoms with Crippen LogP contribution < -0.4 is 10.1 Å². The van der Waals surface area contributed by atoms with Gasteiger partial charge < -0.3 is 14.6 Å². The molecule has 0 saturated carbocycles. The minimum Gasteiger partial charge on any atom is -0.497 e. The maximum Gasteiger partial charge on any atom is 0.168 e. The number of nitrogens with one attached hydrogen (secondary N) is 1. The van der Waals surface area contributed by atoms with Gasteiger partial charge in [-0.1, -0.05) is 11.8 Å². The van der Waals surface area contributed by atoms with Crippen molar-refractivity contribution in [2.24, 2.45) is 13.0 Å². The van der Waals surface area contributed by atoms with E-state index in [1.54, 1.807) is 7.11 Å². The molecule has 1 N–H and O–H groups in total. The van der Waals surface area contributed by atoms with Crippen LogP contribution in [0.3, 0.4) is 0 Å². The van der Waals surface area contributed by atoms with Gasteiger partial charge in [0.25, 0.3) is 0 Å². The molecular formula is C15H21N3OS. The van der Waals surface area contributed by atoms with E-state index in [2.05, 4.69) is 23.0 Å². The highest BCUT2D eigenvalue weighted by molar-refractivity contribution is 7.99. The summed E-state index contributed by atoms with van der Waals surface area (Å²) in [5.41, 5.74) is 2.17. The Bertz CT molecular complexity index is 590. The van der Waals surface area contributed by atoms with E-state index >= 15 is 0 Å². The Morgan fingerprint density at radius 1 is 1.50 bits per heavy atom. The summed E-state index contributed by atoms with van der Waals surface area (Å²) in [5, 5.41) is 4.57. The fraction of sp³-hybridized carbons (Fsp3) is 0.533. The molecular weight excluding hydrogens is 270 g/mol. The van der Waals surface area contributed by atoms with Crippen LogP contribution in [-0.4, -0.2) is 35.5 Å². The number of rotatable bonds is 4. The molecule has 1 aliphatic rings. The molecule has 0 bridgehead atoms. The number of aryl methyl sites for hydroxylation is 1. The van der Waals surface area contributed by atoms with E-state index in [4.69, 9.17) is 9.72 Å². The van der Waals surface area contributed by atoms with E-state index in [0.717, 1.165) is 40.2 Å². The number of thioether (sulfide) groups is 1. The van der Waals surface area contributed by atoms with E-state index in [-0.39, 0.29) is 0 Å². The van der Waals surface area contributed by atoms with Gasteiger partial charge in [-0.15, -0.1) is 0 Å². The van der Waals surface area contributed by atoms with Crippen molar-refractivity contribution in [2.45, 2.75) is 18.0 Å². The van der Waals surface area contributed by atoms with Crippen LogP contribution in [-0.2, 0) is 7.05 Å². The van der Waals surface area contributed by atoms with E-state index in [1.165, 1.54) is 19.4 Å². The minimum absolute atomic E-state index is 0.767. The summed E-state index contributed by atoms with van der Waals surface area (Å²) in [5.74, 6) is 2.77. The van der Waals surface area contributed by atoms with E-state index in [1.807, 2.05) is 23.9 Å². The zero-order valence-corrected chi connectivity index (χ0v) is 12.9. The van der Waals surface area contributed by atoms with Crippen molar-refractivity contribution < 1.29 is 4.74 Å². The van der Waals surface area contributed by atoms with Crippen LogP contribution in [0.5, 0.6) is 5.75 Å². The Labute approximate surface area is 123 Å². The van der Waals surface area contributed by atoms with Gasteiger partial charge in [-0.2, -0.15) is 0 Å². The van der Waals surface area contributed by atoms with E-state index in [9.17, 15) is 0 Å². The van der Waals surface area contributed by atoms with E-state index < -0.39 is 0 Å². The number of nitrogens with zero attached hydrogens (tertiary/aromatic N) is 2. The summed E-state index contributed by atoms with van der Waals surface area (Å²) < 4.78 is 7.44. The third-order valence-electron chi connectivity index (χ3n) is 3.89. The molecule has 5 heteroatoms. The average Bonchev–Trinajstić information content (AvgIpc) is 2.82. The average molecular weight is 291 g/mol. The molecule has 0 spiro atoms. The molecule has 108 valence electrons. The van der Waals surface area contributed by atoms with Crippen molar-refractivity contribution in [1.29, 1.82) is 0 Å². The number of methoxy groups -OCH3 is 1. The van der Waals surface area contributed by atoms with Gasteiger partial charge in [0.1, 0.15) is 5.75 Å². The predicted octanol–water partition coefficient (Wildman–Crippen LogP) is 2.67. The molecule has 4 nitrogen and oxygen atoms in total. The van der Waals surface area contributed by atoms with Crippen molar-refractivity contribution in [3.05, 3.63) is 18.2 Å². The second kappa shape index (κ2) is 6.06. The van der Waals surface area contributed by atoms with Crippen LogP contribution >= 0.6 is 11.8 Å². The summed E-state index contributed by atoms with van der Waals surface area (Å²) >= 11 is 1.86. The molecule has 0 aliphatic carbocycles. The molecule has 2 aromatic rings. The molecule has 0 radical (unpaired) electrons. The molecule has 1 aromatic carbocycles. The number of fused-ring (bicyclic) bond motifs is 1. The zero-order valence-electron chi connectivity index (χ0n) is 12.1. The topological polar surface area (TPSA) is 39.1 Å². The molecule has 3 rings (SSSR count). The second-order valence-electron chi connectivity index (χ2n) is 5.33. The van der Waals surface area contributed by atoms with Gasteiger partial charge in [-0.25, -0.2) is 4.98 Å². The van der Waals surface area contributed by atoms with Gasteiger partial charge in [-0.3, -0.25) is 0 Å². The fourth-order valence-electron chi connectivity index (χ4n) is 2.67. The molecule has 1 atom stereocenters. The molecule has 2 heterocycles. The number of benzene rings is 1. The number of piperidine rings is 1. The SMILES string of the molecule is COc1ccc2c(c1)nc(SCC1CCCNC1)n2C. The van der Waals surface area contributed by atoms with Gasteiger partial charge >= 0.3 is 0 Å². The van der Waals surface area contributed by atoms with Gasteiger partial charge in [0.15, 0.2) is 5.16 Å². The standard InChI is InChI=1S/C15H21N3OS/c1-18-14-6-5-12(19-2)8-13(14)17-15(18)20-10-11-4-3-7-16-9-11/h5-6,8,11,16H,3-4,7,9-10H2,1-2H3. The molecule has 1 fully saturated rings. The molecule has 1 saturated heterocycles. The van der Waals surface area contributed by atoms with Crippen molar-refractivity contribution in [2.75, 3.05) is 26.0 Å². The van der Waals surface area contributed by atoms with Crippen molar-refractivity contribution >= 4 is 22.8 Å². The number of aromatic nitrogens is 2. The number of imidazole rings is 1. The Morgan fingerprint density at radius 3 is 3.15 bits per heavy atom. The molecule has 20 heavy (non-hydrogen) atoms. The Hall–Kier alpha value is -1.20. The highest BCUT2D eigenvalue weighted by Crippen LogP contribution is 2.28. The first-order valence-electron chi connectivity index (χ1n) is 7.12. The molecule has 1 aromatic heterocycles. The highest BCUT2D eigenvalue weighted by atomic mass is 32.2. The third-order valence-corrected chi connectivity index (χ3v) is 5.16. The van der Waals surface area contributed by atoms with Crippen LogP contribution in [0, 0.1) is 5.92 Å². The first-order chi connectivity index (χ1) is 9.78.